The maximum Gasteiger partial charge on any atom is 0.323 e. The van der Waals surface area contributed by atoms with E-state index in [4.69, 9.17) is 5.73 Å². The molecule has 1 aliphatic rings. The minimum absolute atomic E-state index is 0.0772. The van der Waals surface area contributed by atoms with Crippen LogP contribution in [-0.4, -0.2) is 21.4 Å². The summed E-state index contributed by atoms with van der Waals surface area (Å²) in [5.41, 5.74) is 7.65. The van der Waals surface area contributed by atoms with Crippen LogP contribution in [0, 0.1) is 0 Å². The lowest BCUT2D eigenvalue weighted by molar-refractivity contribution is -0.117. The Balaban J connectivity index is 1.72. The van der Waals surface area contributed by atoms with Crippen molar-refractivity contribution in [2.75, 3.05) is 5.32 Å². The molecule has 1 aliphatic carbocycles. The summed E-state index contributed by atoms with van der Waals surface area (Å²) in [5, 5.41) is 2.84. The van der Waals surface area contributed by atoms with E-state index in [9.17, 15) is 9.59 Å². The molecule has 106 valence electrons. The smallest absolute Gasteiger partial charge is 0.323 e. The van der Waals surface area contributed by atoms with Gasteiger partial charge in [0.05, 0.1) is 11.0 Å². The van der Waals surface area contributed by atoms with Crippen molar-refractivity contribution in [3.63, 3.8) is 0 Å². The largest absolute Gasteiger partial charge is 0.326 e. The van der Waals surface area contributed by atoms with Crippen LogP contribution in [0.3, 0.4) is 0 Å². The number of fused-ring (bicyclic) bond motifs is 1. The van der Waals surface area contributed by atoms with E-state index in [0.29, 0.717) is 17.6 Å². The van der Waals surface area contributed by atoms with Gasteiger partial charge in [-0.1, -0.05) is 12.8 Å². The number of hydrogen-bond donors (Lipinski definition) is 4. The Morgan fingerprint density at radius 1 is 1.25 bits per heavy atom. The molecule has 1 saturated carbocycles. The topological polar surface area (TPSA) is 104 Å². The van der Waals surface area contributed by atoms with Crippen molar-refractivity contribution < 1.29 is 4.79 Å². The van der Waals surface area contributed by atoms with Gasteiger partial charge in [-0.3, -0.25) is 4.79 Å². The molecule has 1 amide bonds. The fourth-order valence-corrected chi connectivity index (χ4v) is 2.89. The molecule has 3 rings (SSSR count). The molecule has 0 aliphatic heterocycles. The van der Waals surface area contributed by atoms with E-state index in [2.05, 4.69) is 15.3 Å². The normalized spacial score (nSPS) is 17.4. The molecule has 0 saturated heterocycles. The number of carbonyl (C=O) groups is 1. The van der Waals surface area contributed by atoms with Gasteiger partial charge < -0.3 is 21.0 Å². The first-order chi connectivity index (χ1) is 9.54. The van der Waals surface area contributed by atoms with Crippen LogP contribution in [0.1, 0.15) is 32.1 Å². The number of H-pyrrole nitrogens is 2. The van der Waals surface area contributed by atoms with Crippen LogP contribution in [0.4, 0.5) is 5.69 Å². The van der Waals surface area contributed by atoms with Gasteiger partial charge in [0.1, 0.15) is 0 Å². The lowest BCUT2D eigenvalue weighted by Crippen LogP contribution is -2.40. The summed E-state index contributed by atoms with van der Waals surface area (Å²) in [5.74, 6) is -0.0772. The summed E-state index contributed by atoms with van der Waals surface area (Å²) < 4.78 is 0. The van der Waals surface area contributed by atoms with Crippen LogP contribution in [0.5, 0.6) is 0 Å². The highest BCUT2D eigenvalue weighted by atomic mass is 16.1. The number of amides is 1. The van der Waals surface area contributed by atoms with Crippen LogP contribution in [0.2, 0.25) is 0 Å². The zero-order chi connectivity index (χ0) is 14.2. The van der Waals surface area contributed by atoms with Gasteiger partial charge in [-0.15, -0.1) is 0 Å². The Hall–Kier alpha value is -2.08. The number of nitrogens with two attached hydrogens (primary N) is 1. The molecule has 0 bridgehead atoms. The zero-order valence-electron chi connectivity index (χ0n) is 11.2. The summed E-state index contributed by atoms with van der Waals surface area (Å²) >= 11 is 0. The monoisotopic (exact) mass is 274 g/mol. The predicted octanol–water partition coefficient (Wildman–Crippen LogP) is 1.46. The lowest BCUT2D eigenvalue weighted by atomic mass is 9.94. The van der Waals surface area contributed by atoms with Crippen molar-refractivity contribution in [2.24, 2.45) is 5.73 Å². The third-order valence-corrected chi connectivity index (χ3v) is 3.91. The summed E-state index contributed by atoms with van der Waals surface area (Å²) in [4.78, 5) is 28.5. The Morgan fingerprint density at radius 2 is 1.95 bits per heavy atom. The second-order valence-electron chi connectivity index (χ2n) is 5.63. The first-order valence-electron chi connectivity index (χ1n) is 6.85. The minimum Gasteiger partial charge on any atom is -0.326 e. The second kappa shape index (κ2) is 4.79. The van der Waals surface area contributed by atoms with E-state index >= 15 is 0 Å². The molecule has 1 aromatic heterocycles. The highest BCUT2D eigenvalue weighted by Gasteiger charge is 2.31. The molecular weight excluding hydrogens is 256 g/mol. The number of aromatic nitrogens is 2. The van der Waals surface area contributed by atoms with Gasteiger partial charge in [-0.2, -0.15) is 0 Å². The Bertz CT molecular complexity index is 695. The number of hydrogen-bond acceptors (Lipinski definition) is 3. The van der Waals surface area contributed by atoms with E-state index in [0.717, 1.165) is 31.2 Å². The first kappa shape index (κ1) is 12.9. The zero-order valence-corrected chi connectivity index (χ0v) is 11.2. The van der Waals surface area contributed by atoms with Gasteiger partial charge in [0.15, 0.2) is 0 Å². The molecule has 0 unspecified atom stereocenters. The molecule has 0 atom stereocenters. The van der Waals surface area contributed by atoms with Crippen molar-refractivity contribution in [1.29, 1.82) is 0 Å². The molecule has 20 heavy (non-hydrogen) atoms. The average Bonchev–Trinajstić information content (AvgIpc) is 2.93. The molecule has 1 heterocycles. The second-order valence-corrected chi connectivity index (χ2v) is 5.63. The maximum atomic E-state index is 12.0. The van der Waals surface area contributed by atoms with E-state index in [1.165, 1.54) is 0 Å². The van der Waals surface area contributed by atoms with Crippen LogP contribution in [0.15, 0.2) is 23.0 Å². The van der Waals surface area contributed by atoms with Crippen molar-refractivity contribution in [2.45, 2.75) is 37.6 Å². The van der Waals surface area contributed by atoms with E-state index in [-0.39, 0.29) is 17.1 Å². The van der Waals surface area contributed by atoms with Gasteiger partial charge in [-0.25, -0.2) is 4.79 Å². The van der Waals surface area contributed by atoms with Gasteiger partial charge in [0.2, 0.25) is 5.91 Å². The Kier molecular flexibility index (Phi) is 3.10. The third-order valence-electron chi connectivity index (χ3n) is 3.91. The fraction of sp³-hybridized carbons (Fsp3) is 0.429. The van der Waals surface area contributed by atoms with Crippen molar-refractivity contribution in [1.82, 2.24) is 9.97 Å². The molecule has 2 aromatic rings. The Labute approximate surface area is 115 Å². The number of nitrogens with one attached hydrogen (secondary N) is 3. The Morgan fingerprint density at radius 3 is 2.70 bits per heavy atom. The summed E-state index contributed by atoms with van der Waals surface area (Å²) in [6.07, 6.45) is 4.35. The van der Waals surface area contributed by atoms with Gasteiger partial charge in [-0.05, 0) is 31.0 Å². The standard InChI is InChI=1S/C14H18N4O2/c15-14(5-1-2-6-14)8-12(19)16-9-3-4-10-11(7-9)18-13(20)17-10/h3-4,7H,1-2,5-6,8,15H2,(H,16,19)(H2,17,18,20). The molecular formula is C14H18N4O2. The average molecular weight is 274 g/mol. The molecule has 1 aromatic carbocycles. The number of rotatable bonds is 3. The molecule has 6 nitrogen and oxygen atoms in total. The van der Waals surface area contributed by atoms with Gasteiger partial charge in [0, 0.05) is 17.6 Å². The molecule has 6 heteroatoms. The van der Waals surface area contributed by atoms with E-state index in [1.54, 1.807) is 18.2 Å². The van der Waals surface area contributed by atoms with Crippen molar-refractivity contribution in [3.05, 3.63) is 28.7 Å². The maximum absolute atomic E-state index is 12.0. The van der Waals surface area contributed by atoms with Gasteiger partial charge in [0.25, 0.3) is 0 Å². The first-order valence-corrected chi connectivity index (χ1v) is 6.85. The van der Waals surface area contributed by atoms with E-state index < -0.39 is 0 Å². The lowest BCUT2D eigenvalue weighted by Gasteiger charge is -2.22. The number of anilines is 1. The third kappa shape index (κ3) is 2.60. The van der Waals surface area contributed by atoms with Crippen molar-refractivity contribution >= 4 is 22.6 Å². The van der Waals surface area contributed by atoms with E-state index in [1.807, 2.05) is 0 Å². The van der Waals surface area contributed by atoms with Crippen LogP contribution in [0.25, 0.3) is 11.0 Å². The SMILES string of the molecule is NC1(CC(=O)Nc2ccc3[nH]c(=O)[nH]c3c2)CCCC1. The minimum atomic E-state index is -0.351. The number of imidazole rings is 1. The van der Waals surface area contributed by atoms with Gasteiger partial charge >= 0.3 is 5.69 Å². The molecule has 5 N–H and O–H groups in total. The van der Waals surface area contributed by atoms with Crippen LogP contribution in [-0.2, 0) is 4.79 Å². The van der Waals surface area contributed by atoms with Crippen LogP contribution < -0.4 is 16.7 Å². The molecule has 0 spiro atoms. The highest BCUT2D eigenvalue weighted by Crippen LogP contribution is 2.30. The highest BCUT2D eigenvalue weighted by molar-refractivity contribution is 5.93. The van der Waals surface area contributed by atoms with Crippen LogP contribution >= 0.6 is 0 Å². The van der Waals surface area contributed by atoms with Crippen molar-refractivity contribution in [3.8, 4) is 0 Å². The quantitative estimate of drug-likeness (QED) is 0.681. The number of benzene rings is 1. The number of aromatic amines is 2. The summed E-state index contributed by atoms with van der Waals surface area (Å²) in [6, 6.07) is 5.27. The molecule has 0 radical (unpaired) electrons. The predicted molar refractivity (Wildman–Crippen MR) is 77.6 cm³/mol. The number of carbonyl (C=O) groups excluding carboxylic acids is 1. The molecule has 1 fully saturated rings. The summed E-state index contributed by atoms with van der Waals surface area (Å²) in [6.45, 7) is 0. The summed E-state index contributed by atoms with van der Waals surface area (Å²) in [7, 11) is 0. The fourth-order valence-electron chi connectivity index (χ4n) is 2.89.